The maximum Gasteiger partial charge on any atom is 0.251 e. The third-order valence-electron chi connectivity index (χ3n) is 3.14. The number of carbonyl (C=O) groups is 1. The van der Waals surface area contributed by atoms with Crippen molar-refractivity contribution in [3.8, 4) is 0 Å². The van der Waals surface area contributed by atoms with Crippen LogP contribution < -0.4 is 5.32 Å². The second-order valence-corrected chi connectivity index (χ2v) is 4.35. The van der Waals surface area contributed by atoms with Crippen molar-refractivity contribution >= 4 is 5.91 Å². The van der Waals surface area contributed by atoms with Crippen molar-refractivity contribution in [2.45, 2.75) is 33.6 Å². The molecule has 0 saturated heterocycles. The summed E-state index contributed by atoms with van der Waals surface area (Å²) in [5.74, 6) is 0.0909. The lowest BCUT2D eigenvalue weighted by molar-refractivity contribution is 0.0946. The van der Waals surface area contributed by atoms with E-state index in [-0.39, 0.29) is 11.7 Å². The van der Waals surface area contributed by atoms with Gasteiger partial charge in [0.2, 0.25) is 0 Å². The zero-order valence-corrected chi connectivity index (χ0v) is 10.7. The van der Waals surface area contributed by atoms with Gasteiger partial charge in [0.25, 0.3) is 5.91 Å². The molecule has 2 nitrogen and oxygen atoms in total. The Kier molecular flexibility index (Phi) is 5.13. The van der Waals surface area contributed by atoms with Gasteiger partial charge in [-0.1, -0.05) is 26.7 Å². The number of carbonyl (C=O) groups excluding carboxylic acids is 1. The summed E-state index contributed by atoms with van der Waals surface area (Å²) in [5, 5.41) is 2.90. The standard InChI is InChI=1S/C14H20FNO/c1-4-11(5-2)9-16-14(17)13-7-6-12(15)8-10(13)3/h6-8,11H,4-5,9H2,1-3H3,(H,16,17). The van der Waals surface area contributed by atoms with E-state index in [1.54, 1.807) is 6.92 Å². The van der Waals surface area contributed by atoms with Crippen molar-refractivity contribution in [2.75, 3.05) is 6.54 Å². The smallest absolute Gasteiger partial charge is 0.251 e. The summed E-state index contributed by atoms with van der Waals surface area (Å²) >= 11 is 0. The maximum atomic E-state index is 12.9. The molecule has 0 aliphatic rings. The van der Waals surface area contributed by atoms with Gasteiger partial charge in [-0.15, -0.1) is 0 Å². The molecule has 0 aliphatic carbocycles. The maximum absolute atomic E-state index is 12.9. The molecule has 0 aliphatic heterocycles. The van der Waals surface area contributed by atoms with Gasteiger partial charge in [0.1, 0.15) is 5.82 Å². The number of halogens is 1. The molecule has 0 radical (unpaired) electrons. The minimum absolute atomic E-state index is 0.116. The molecular weight excluding hydrogens is 217 g/mol. The first kappa shape index (κ1) is 13.7. The third-order valence-corrected chi connectivity index (χ3v) is 3.14. The monoisotopic (exact) mass is 237 g/mol. The number of hydrogen-bond acceptors (Lipinski definition) is 1. The highest BCUT2D eigenvalue weighted by molar-refractivity contribution is 5.95. The van der Waals surface area contributed by atoms with Gasteiger partial charge < -0.3 is 5.32 Å². The van der Waals surface area contributed by atoms with Crippen LogP contribution in [0.4, 0.5) is 4.39 Å². The summed E-state index contributed by atoms with van der Waals surface area (Å²) in [6.45, 7) is 6.66. The fourth-order valence-electron chi connectivity index (χ4n) is 1.79. The molecule has 0 spiro atoms. The van der Waals surface area contributed by atoms with E-state index < -0.39 is 0 Å². The van der Waals surface area contributed by atoms with E-state index in [1.165, 1.54) is 18.2 Å². The second kappa shape index (κ2) is 6.38. The van der Waals surface area contributed by atoms with Gasteiger partial charge in [-0.3, -0.25) is 4.79 Å². The summed E-state index contributed by atoms with van der Waals surface area (Å²) < 4.78 is 12.9. The lowest BCUT2D eigenvalue weighted by Crippen LogP contribution is -2.29. The first-order valence-electron chi connectivity index (χ1n) is 6.12. The summed E-state index contributed by atoms with van der Waals surface area (Å²) in [6.07, 6.45) is 2.11. The Hall–Kier alpha value is -1.38. The molecule has 0 unspecified atom stereocenters. The van der Waals surface area contributed by atoms with Crippen LogP contribution in [0.25, 0.3) is 0 Å². The molecule has 0 fully saturated rings. The first-order valence-corrected chi connectivity index (χ1v) is 6.12. The Bertz CT molecular complexity index is 386. The number of rotatable bonds is 5. The normalized spacial score (nSPS) is 10.6. The Labute approximate surface area is 102 Å². The van der Waals surface area contributed by atoms with Crippen LogP contribution in [-0.2, 0) is 0 Å². The molecule has 1 N–H and O–H groups in total. The Morgan fingerprint density at radius 1 is 1.35 bits per heavy atom. The van der Waals surface area contributed by atoms with Crippen molar-refractivity contribution in [3.63, 3.8) is 0 Å². The Morgan fingerprint density at radius 2 is 2.00 bits per heavy atom. The van der Waals surface area contributed by atoms with Gasteiger partial charge in [0.05, 0.1) is 0 Å². The SMILES string of the molecule is CCC(CC)CNC(=O)c1ccc(F)cc1C. The Morgan fingerprint density at radius 3 is 2.53 bits per heavy atom. The van der Waals surface area contributed by atoms with Gasteiger partial charge in [-0.2, -0.15) is 0 Å². The highest BCUT2D eigenvalue weighted by atomic mass is 19.1. The van der Waals surface area contributed by atoms with Crippen LogP contribution in [-0.4, -0.2) is 12.5 Å². The zero-order valence-electron chi connectivity index (χ0n) is 10.7. The van der Waals surface area contributed by atoms with Crippen molar-refractivity contribution in [1.82, 2.24) is 5.32 Å². The minimum Gasteiger partial charge on any atom is -0.352 e. The van der Waals surface area contributed by atoms with Gasteiger partial charge in [-0.05, 0) is 36.6 Å². The van der Waals surface area contributed by atoms with Gasteiger partial charge >= 0.3 is 0 Å². The van der Waals surface area contributed by atoms with Gasteiger partial charge in [0, 0.05) is 12.1 Å². The van der Waals surface area contributed by atoms with Gasteiger partial charge in [0.15, 0.2) is 0 Å². The summed E-state index contributed by atoms with van der Waals surface area (Å²) in [5.41, 5.74) is 1.23. The van der Waals surface area contributed by atoms with Crippen molar-refractivity contribution in [2.24, 2.45) is 5.92 Å². The minimum atomic E-state index is -0.306. The van der Waals surface area contributed by atoms with E-state index in [0.29, 0.717) is 23.6 Å². The number of benzene rings is 1. The van der Waals surface area contributed by atoms with E-state index in [2.05, 4.69) is 19.2 Å². The molecule has 1 aromatic carbocycles. The second-order valence-electron chi connectivity index (χ2n) is 4.35. The van der Waals surface area contributed by atoms with Crippen LogP contribution >= 0.6 is 0 Å². The van der Waals surface area contributed by atoms with E-state index >= 15 is 0 Å². The first-order chi connectivity index (χ1) is 8.08. The van der Waals surface area contributed by atoms with Crippen LogP contribution in [0.5, 0.6) is 0 Å². The van der Waals surface area contributed by atoms with Crippen LogP contribution in [0.15, 0.2) is 18.2 Å². The number of nitrogens with one attached hydrogen (secondary N) is 1. The predicted octanol–water partition coefficient (Wildman–Crippen LogP) is 3.30. The fraction of sp³-hybridized carbons (Fsp3) is 0.500. The molecule has 3 heteroatoms. The van der Waals surface area contributed by atoms with E-state index in [4.69, 9.17) is 0 Å². The van der Waals surface area contributed by atoms with Crippen molar-refractivity contribution < 1.29 is 9.18 Å². The quantitative estimate of drug-likeness (QED) is 0.836. The largest absolute Gasteiger partial charge is 0.352 e. The molecule has 0 atom stereocenters. The number of amides is 1. The highest BCUT2D eigenvalue weighted by Crippen LogP contribution is 2.11. The number of hydrogen-bond donors (Lipinski definition) is 1. The average molecular weight is 237 g/mol. The van der Waals surface area contributed by atoms with E-state index in [1.807, 2.05) is 0 Å². The summed E-state index contributed by atoms with van der Waals surface area (Å²) in [7, 11) is 0. The molecule has 1 rings (SSSR count). The molecular formula is C14H20FNO. The molecule has 94 valence electrons. The molecule has 0 bridgehead atoms. The zero-order chi connectivity index (χ0) is 12.8. The summed E-state index contributed by atoms with van der Waals surface area (Å²) in [4.78, 5) is 11.9. The Balaban J connectivity index is 2.64. The number of aryl methyl sites for hydroxylation is 1. The fourth-order valence-corrected chi connectivity index (χ4v) is 1.79. The van der Waals surface area contributed by atoms with Crippen LogP contribution in [0.3, 0.4) is 0 Å². The van der Waals surface area contributed by atoms with Crippen molar-refractivity contribution in [3.05, 3.63) is 35.1 Å². The third kappa shape index (κ3) is 3.84. The summed E-state index contributed by atoms with van der Waals surface area (Å²) in [6, 6.07) is 4.23. The van der Waals surface area contributed by atoms with Crippen molar-refractivity contribution in [1.29, 1.82) is 0 Å². The highest BCUT2D eigenvalue weighted by Gasteiger charge is 2.11. The lowest BCUT2D eigenvalue weighted by atomic mass is 10.0. The van der Waals surface area contributed by atoms with E-state index in [9.17, 15) is 9.18 Å². The molecule has 0 heterocycles. The van der Waals surface area contributed by atoms with E-state index in [0.717, 1.165) is 12.8 Å². The van der Waals surface area contributed by atoms with Crippen LogP contribution in [0, 0.1) is 18.7 Å². The molecule has 1 amide bonds. The molecule has 17 heavy (non-hydrogen) atoms. The van der Waals surface area contributed by atoms with Crippen LogP contribution in [0.1, 0.15) is 42.6 Å². The van der Waals surface area contributed by atoms with Gasteiger partial charge in [-0.25, -0.2) is 4.39 Å². The molecule has 0 saturated carbocycles. The lowest BCUT2D eigenvalue weighted by Gasteiger charge is -2.14. The topological polar surface area (TPSA) is 29.1 Å². The predicted molar refractivity (Wildman–Crippen MR) is 67.5 cm³/mol. The van der Waals surface area contributed by atoms with Crippen LogP contribution in [0.2, 0.25) is 0 Å². The molecule has 0 aromatic heterocycles. The molecule has 1 aromatic rings. The average Bonchev–Trinajstić information content (AvgIpc) is 2.30.